The number of carbonyl (C=O) groups excluding carboxylic acids is 1. The Morgan fingerprint density at radius 3 is 2.96 bits per heavy atom. The van der Waals surface area contributed by atoms with Crippen molar-refractivity contribution in [2.24, 2.45) is 13.0 Å². The number of hydrogen-bond acceptors (Lipinski definition) is 5. The standard InChI is InChI=1S/C16H18N6O2/c1-20-4-5-22-15(20)13(8-19-22)16(24)21-9-11(14(23)10-21)6-12-7-17-2-3-18-12/h2-5,7-8,11,14,23H,6,9-10H2,1H3/t11-,14-/m1/s1. The fourth-order valence-corrected chi connectivity index (χ4v) is 3.30. The summed E-state index contributed by atoms with van der Waals surface area (Å²) in [5, 5.41) is 14.5. The summed E-state index contributed by atoms with van der Waals surface area (Å²) >= 11 is 0. The second-order valence-electron chi connectivity index (χ2n) is 6.17. The first-order valence-corrected chi connectivity index (χ1v) is 7.84. The Kier molecular flexibility index (Phi) is 3.53. The zero-order chi connectivity index (χ0) is 16.7. The lowest BCUT2D eigenvalue weighted by molar-refractivity contribution is 0.0766. The van der Waals surface area contributed by atoms with Crippen LogP contribution in [0.1, 0.15) is 16.1 Å². The summed E-state index contributed by atoms with van der Waals surface area (Å²) < 4.78 is 3.54. The SMILES string of the molecule is Cn1ccn2ncc(C(=O)N3C[C@@H](Cc4cnccn4)[C@H](O)C3)c12. The molecule has 3 aromatic rings. The molecule has 1 saturated heterocycles. The van der Waals surface area contributed by atoms with Crippen LogP contribution in [0.2, 0.25) is 0 Å². The van der Waals surface area contributed by atoms with Crippen LogP contribution in [-0.4, -0.2) is 59.3 Å². The molecule has 4 rings (SSSR count). The van der Waals surface area contributed by atoms with E-state index in [0.717, 1.165) is 11.3 Å². The van der Waals surface area contributed by atoms with E-state index in [9.17, 15) is 9.90 Å². The number of aryl methyl sites for hydroxylation is 1. The molecule has 1 amide bonds. The third-order valence-electron chi connectivity index (χ3n) is 4.55. The molecule has 1 aliphatic rings. The van der Waals surface area contributed by atoms with Gasteiger partial charge in [0.2, 0.25) is 0 Å². The molecule has 1 aliphatic heterocycles. The first-order valence-electron chi connectivity index (χ1n) is 7.84. The van der Waals surface area contributed by atoms with Crippen LogP contribution in [-0.2, 0) is 13.5 Å². The van der Waals surface area contributed by atoms with Gasteiger partial charge in [0.15, 0.2) is 0 Å². The Balaban J connectivity index is 1.53. The van der Waals surface area contributed by atoms with Crippen LogP contribution < -0.4 is 0 Å². The molecule has 8 heteroatoms. The number of aromatic nitrogens is 5. The zero-order valence-corrected chi connectivity index (χ0v) is 13.3. The molecule has 4 heterocycles. The van der Waals surface area contributed by atoms with Gasteiger partial charge in [-0.2, -0.15) is 5.10 Å². The molecule has 0 spiro atoms. The summed E-state index contributed by atoms with van der Waals surface area (Å²) in [5.74, 6) is -0.141. The highest BCUT2D eigenvalue weighted by Gasteiger charge is 2.35. The lowest BCUT2D eigenvalue weighted by Gasteiger charge is -2.15. The van der Waals surface area contributed by atoms with E-state index >= 15 is 0 Å². The molecule has 0 unspecified atom stereocenters. The topological polar surface area (TPSA) is 88.5 Å². The Morgan fingerprint density at radius 2 is 2.17 bits per heavy atom. The van der Waals surface area contributed by atoms with Gasteiger partial charge in [0.25, 0.3) is 5.91 Å². The Morgan fingerprint density at radius 1 is 1.29 bits per heavy atom. The van der Waals surface area contributed by atoms with Crippen molar-refractivity contribution in [2.75, 3.05) is 13.1 Å². The number of imidazole rings is 1. The first kappa shape index (κ1) is 14.8. The van der Waals surface area contributed by atoms with E-state index in [1.54, 1.807) is 34.2 Å². The molecule has 1 fully saturated rings. The number of amides is 1. The molecule has 0 bridgehead atoms. The first-order chi connectivity index (χ1) is 11.6. The summed E-state index contributed by atoms with van der Waals surface area (Å²) in [6.07, 6.45) is 10.2. The Labute approximate surface area is 138 Å². The minimum atomic E-state index is -0.560. The van der Waals surface area contributed by atoms with Gasteiger partial charge in [0, 0.05) is 57.0 Å². The average Bonchev–Trinajstić information content (AvgIpc) is 3.26. The van der Waals surface area contributed by atoms with Gasteiger partial charge >= 0.3 is 0 Å². The number of fused-ring (bicyclic) bond motifs is 1. The molecule has 0 radical (unpaired) electrons. The van der Waals surface area contributed by atoms with Crippen molar-refractivity contribution in [3.63, 3.8) is 0 Å². The third kappa shape index (κ3) is 2.44. The van der Waals surface area contributed by atoms with Gasteiger partial charge in [-0.25, -0.2) is 4.52 Å². The van der Waals surface area contributed by atoms with Gasteiger partial charge in [0.05, 0.1) is 18.0 Å². The van der Waals surface area contributed by atoms with E-state index in [-0.39, 0.29) is 11.8 Å². The predicted molar refractivity (Wildman–Crippen MR) is 85.3 cm³/mol. The number of nitrogens with zero attached hydrogens (tertiary/aromatic N) is 6. The molecule has 1 N–H and O–H groups in total. The van der Waals surface area contributed by atoms with Gasteiger partial charge in [-0.1, -0.05) is 0 Å². The minimum Gasteiger partial charge on any atom is -0.391 e. The number of hydrogen-bond donors (Lipinski definition) is 1. The Bertz CT molecular complexity index is 871. The average molecular weight is 326 g/mol. The smallest absolute Gasteiger partial charge is 0.259 e. The fourth-order valence-electron chi connectivity index (χ4n) is 3.30. The molecule has 3 aromatic heterocycles. The summed E-state index contributed by atoms with van der Waals surface area (Å²) in [6.45, 7) is 0.823. The number of rotatable bonds is 3. The quantitative estimate of drug-likeness (QED) is 0.739. The molecule has 0 aliphatic carbocycles. The molecule has 24 heavy (non-hydrogen) atoms. The maximum Gasteiger partial charge on any atom is 0.259 e. The molecule has 0 aromatic carbocycles. The zero-order valence-electron chi connectivity index (χ0n) is 13.3. The van der Waals surface area contributed by atoms with Gasteiger partial charge < -0.3 is 14.6 Å². The van der Waals surface area contributed by atoms with E-state index in [1.807, 2.05) is 24.0 Å². The van der Waals surface area contributed by atoms with Crippen LogP contribution in [0.5, 0.6) is 0 Å². The molecular formula is C16H18N6O2. The Hall–Kier alpha value is -2.74. The van der Waals surface area contributed by atoms with Crippen molar-refractivity contribution in [1.82, 2.24) is 29.0 Å². The van der Waals surface area contributed by atoms with Crippen molar-refractivity contribution in [3.8, 4) is 0 Å². The second kappa shape index (κ2) is 5.72. The van der Waals surface area contributed by atoms with Crippen LogP contribution in [0.4, 0.5) is 0 Å². The van der Waals surface area contributed by atoms with Crippen molar-refractivity contribution in [2.45, 2.75) is 12.5 Å². The van der Waals surface area contributed by atoms with Crippen LogP contribution >= 0.6 is 0 Å². The maximum absolute atomic E-state index is 12.8. The summed E-state index contributed by atoms with van der Waals surface area (Å²) in [6, 6.07) is 0. The molecule has 2 atom stereocenters. The summed E-state index contributed by atoms with van der Waals surface area (Å²) in [7, 11) is 1.88. The van der Waals surface area contributed by atoms with E-state index in [1.165, 1.54) is 0 Å². The number of aliphatic hydroxyl groups excluding tert-OH is 1. The third-order valence-corrected chi connectivity index (χ3v) is 4.55. The number of β-amino-alcohol motifs (C(OH)–C–C–N with tert-alkyl or cyclic N) is 1. The molecule has 0 saturated carbocycles. The van der Waals surface area contributed by atoms with Gasteiger partial charge in [-0.3, -0.25) is 14.8 Å². The number of likely N-dealkylation sites (tertiary alicyclic amines) is 1. The van der Waals surface area contributed by atoms with Gasteiger partial charge in [0.1, 0.15) is 11.2 Å². The van der Waals surface area contributed by atoms with Crippen LogP contribution in [0.15, 0.2) is 37.2 Å². The fraction of sp³-hybridized carbons (Fsp3) is 0.375. The van der Waals surface area contributed by atoms with Gasteiger partial charge in [-0.05, 0) is 6.42 Å². The van der Waals surface area contributed by atoms with E-state index in [0.29, 0.717) is 25.1 Å². The van der Waals surface area contributed by atoms with Gasteiger partial charge in [-0.15, -0.1) is 0 Å². The monoisotopic (exact) mass is 326 g/mol. The molecule has 124 valence electrons. The lowest BCUT2D eigenvalue weighted by Crippen LogP contribution is -2.29. The lowest BCUT2D eigenvalue weighted by atomic mass is 10.0. The second-order valence-corrected chi connectivity index (χ2v) is 6.17. The van der Waals surface area contributed by atoms with E-state index < -0.39 is 6.10 Å². The highest BCUT2D eigenvalue weighted by molar-refractivity contribution is 6.00. The van der Waals surface area contributed by atoms with Crippen molar-refractivity contribution >= 4 is 11.6 Å². The normalized spacial score (nSPS) is 20.8. The highest BCUT2D eigenvalue weighted by Crippen LogP contribution is 2.23. The van der Waals surface area contributed by atoms with Crippen LogP contribution in [0, 0.1) is 5.92 Å². The molecule has 8 nitrogen and oxygen atoms in total. The largest absolute Gasteiger partial charge is 0.391 e. The van der Waals surface area contributed by atoms with Crippen LogP contribution in [0.25, 0.3) is 5.65 Å². The maximum atomic E-state index is 12.8. The van der Waals surface area contributed by atoms with Crippen LogP contribution in [0.3, 0.4) is 0 Å². The number of carbonyl (C=O) groups is 1. The van der Waals surface area contributed by atoms with E-state index in [2.05, 4.69) is 15.1 Å². The van der Waals surface area contributed by atoms with Crippen molar-refractivity contribution in [1.29, 1.82) is 0 Å². The van der Waals surface area contributed by atoms with Crippen molar-refractivity contribution in [3.05, 3.63) is 48.4 Å². The molecular weight excluding hydrogens is 308 g/mol. The minimum absolute atomic E-state index is 0.0369. The number of aliphatic hydroxyl groups is 1. The summed E-state index contributed by atoms with van der Waals surface area (Å²) in [5.41, 5.74) is 2.13. The summed E-state index contributed by atoms with van der Waals surface area (Å²) in [4.78, 5) is 22.8. The highest BCUT2D eigenvalue weighted by atomic mass is 16.3. The van der Waals surface area contributed by atoms with E-state index in [4.69, 9.17) is 0 Å². The predicted octanol–water partition coefficient (Wildman–Crippen LogP) is 0.138. The van der Waals surface area contributed by atoms with Crippen molar-refractivity contribution < 1.29 is 9.90 Å².